The number of anilines is 1. The van der Waals surface area contributed by atoms with Crippen molar-refractivity contribution < 1.29 is 9.59 Å². The zero-order valence-corrected chi connectivity index (χ0v) is 16.8. The predicted molar refractivity (Wildman–Crippen MR) is 108 cm³/mol. The van der Waals surface area contributed by atoms with Crippen LogP contribution in [0, 0.1) is 0 Å². The van der Waals surface area contributed by atoms with Gasteiger partial charge < -0.3 is 15.1 Å². The monoisotopic (exact) mass is 381 g/mol. The maximum Gasteiger partial charge on any atom is 0.255 e. The summed E-state index contributed by atoms with van der Waals surface area (Å²) < 4.78 is 0. The van der Waals surface area contributed by atoms with Crippen LogP contribution < -0.4 is 5.32 Å². The first kappa shape index (κ1) is 19.8. The van der Waals surface area contributed by atoms with Crippen LogP contribution in [0.1, 0.15) is 43.1 Å². The third kappa shape index (κ3) is 4.30. The summed E-state index contributed by atoms with van der Waals surface area (Å²) in [5, 5.41) is 3.38. The van der Waals surface area contributed by atoms with Gasteiger partial charge in [-0.1, -0.05) is 6.07 Å². The maximum atomic E-state index is 12.8. The molecule has 1 saturated heterocycles. The summed E-state index contributed by atoms with van der Waals surface area (Å²) in [5.41, 5.74) is 1.26. The first-order valence-electron chi connectivity index (χ1n) is 9.45. The number of hydrogen-bond acceptors (Lipinski definition) is 5. The Bertz CT molecular complexity index is 836. The maximum absolute atomic E-state index is 12.8. The van der Waals surface area contributed by atoms with E-state index in [4.69, 9.17) is 0 Å². The summed E-state index contributed by atoms with van der Waals surface area (Å²) in [6, 6.07) is 7.61. The van der Waals surface area contributed by atoms with Crippen molar-refractivity contribution in [2.45, 2.75) is 38.8 Å². The van der Waals surface area contributed by atoms with Crippen LogP contribution in [0.25, 0.3) is 0 Å². The normalized spacial score (nSPS) is 16.7. The van der Waals surface area contributed by atoms with E-state index in [9.17, 15) is 9.59 Å². The second kappa shape index (κ2) is 7.96. The van der Waals surface area contributed by atoms with Gasteiger partial charge in [0.1, 0.15) is 5.82 Å². The first-order chi connectivity index (χ1) is 13.3. The lowest BCUT2D eigenvalue weighted by Gasteiger charge is -2.27. The Morgan fingerprint density at radius 1 is 1.25 bits per heavy atom. The molecule has 0 aliphatic carbocycles. The third-order valence-electron chi connectivity index (χ3n) is 5.33. The fraction of sp³-hybridized carbons (Fsp3) is 0.429. The molecule has 1 fully saturated rings. The highest BCUT2D eigenvalue weighted by molar-refractivity contribution is 5.94. The van der Waals surface area contributed by atoms with E-state index in [0.29, 0.717) is 24.5 Å². The molecule has 148 valence electrons. The molecule has 7 heteroatoms. The van der Waals surface area contributed by atoms with Crippen LogP contribution in [0.3, 0.4) is 0 Å². The Hall–Kier alpha value is -2.96. The summed E-state index contributed by atoms with van der Waals surface area (Å²) in [4.78, 5) is 36.4. The van der Waals surface area contributed by atoms with Crippen molar-refractivity contribution in [1.29, 1.82) is 0 Å². The Kier molecular flexibility index (Phi) is 5.63. The quantitative estimate of drug-likeness (QED) is 0.861. The van der Waals surface area contributed by atoms with Gasteiger partial charge >= 0.3 is 0 Å². The van der Waals surface area contributed by atoms with Crippen LogP contribution in [0.5, 0.6) is 0 Å². The number of carbonyl (C=O) groups excluding carboxylic acids is 2. The topological polar surface area (TPSA) is 78.4 Å². The molecule has 0 saturated carbocycles. The highest BCUT2D eigenvalue weighted by atomic mass is 16.2. The van der Waals surface area contributed by atoms with Crippen molar-refractivity contribution in [3.63, 3.8) is 0 Å². The predicted octanol–water partition coefficient (Wildman–Crippen LogP) is 2.52. The molecule has 2 aromatic heterocycles. The van der Waals surface area contributed by atoms with Gasteiger partial charge in [-0.25, -0.2) is 4.98 Å². The minimum absolute atomic E-state index is 0.0209. The van der Waals surface area contributed by atoms with Crippen LogP contribution in [0.4, 0.5) is 5.82 Å². The number of pyridine rings is 2. The van der Waals surface area contributed by atoms with Gasteiger partial charge in [-0.15, -0.1) is 0 Å². The molecule has 0 aromatic carbocycles. The van der Waals surface area contributed by atoms with E-state index in [2.05, 4.69) is 29.1 Å². The molecule has 2 amide bonds. The van der Waals surface area contributed by atoms with Crippen LogP contribution in [0.15, 0.2) is 42.9 Å². The number of nitrogens with one attached hydrogen (secondary N) is 1. The molecular weight excluding hydrogens is 354 g/mol. The SMILES string of the molecule is CC(=O)N(C)[C@H]1CCN(C(=O)c2ccc(NC(C)(C)c3cccnc3)nc2)C1. The van der Waals surface area contributed by atoms with Gasteiger partial charge in [-0.3, -0.25) is 14.6 Å². The molecule has 28 heavy (non-hydrogen) atoms. The van der Waals surface area contributed by atoms with Crippen molar-refractivity contribution in [2.24, 2.45) is 0 Å². The first-order valence-corrected chi connectivity index (χ1v) is 9.45. The molecule has 1 aliphatic rings. The average molecular weight is 381 g/mol. The molecule has 7 nitrogen and oxygen atoms in total. The number of likely N-dealkylation sites (N-methyl/N-ethyl adjacent to an activating group) is 1. The highest BCUT2D eigenvalue weighted by Gasteiger charge is 2.30. The van der Waals surface area contributed by atoms with E-state index in [1.54, 1.807) is 42.2 Å². The van der Waals surface area contributed by atoms with Gasteiger partial charge in [-0.2, -0.15) is 0 Å². The van der Waals surface area contributed by atoms with Gasteiger partial charge in [0.15, 0.2) is 0 Å². The number of amides is 2. The van der Waals surface area contributed by atoms with Gasteiger partial charge in [-0.05, 0) is 44.0 Å². The van der Waals surface area contributed by atoms with E-state index in [1.807, 2.05) is 24.4 Å². The summed E-state index contributed by atoms with van der Waals surface area (Å²) in [6.07, 6.45) is 5.97. The molecule has 0 spiro atoms. The minimum atomic E-state index is -0.341. The van der Waals surface area contributed by atoms with E-state index in [-0.39, 0.29) is 23.4 Å². The number of carbonyl (C=O) groups is 2. The number of rotatable bonds is 5. The molecule has 1 atom stereocenters. The highest BCUT2D eigenvalue weighted by Crippen LogP contribution is 2.24. The lowest BCUT2D eigenvalue weighted by molar-refractivity contribution is -0.129. The molecule has 0 unspecified atom stereocenters. The van der Waals surface area contributed by atoms with Crippen LogP contribution in [-0.2, 0) is 10.3 Å². The Balaban J connectivity index is 1.64. The Morgan fingerprint density at radius 3 is 2.64 bits per heavy atom. The fourth-order valence-electron chi connectivity index (χ4n) is 3.40. The lowest BCUT2D eigenvalue weighted by atomic mass is 9.96. The van der Waals surface area contributed by atoms with Crippen LogP contribution in [-0.4, -0.2) is 57.8 Å². The zero-order valence-electron chi connectivity index (χ0n) is 16.8. The van der Waals surface area contributed by atoms with Gasteiger partial charge in [0.05, 0.1) is 17.1 Å². The summed E-state index contributed by atoms with van der Waals surface area (Å²) in [6.45, 7) is 6.87. The molecule has 0 bridgehead atoms. The molecule has 2 aromatic rings. The van der Waals surface area contributed by atoms with Crippen molar-refractivity contribution in [1.82, 2.24) is 19.8 Å². The van der Waals surface area contributed by atoms with Crippen LogP contribution in [0.2, 0.25) is 0 Å². The fourth-order valence-corrected chi connectivity index (χ4v) is 3.40. The number of aromatic nitrogens is 2. The number of nitrogens with zero attached hydrogens (tertiary/aromatic N) is 4. The van der Waals surface area contributed by atoms with Crippen molar-refractivity contribution in [3.05, 3.63) is 54.0 Å². The van der Waals surface area contributed by atoms with E-state index in [0.717, 1.165) is 12.0 Å². The average Bonchev–Trinajstić information content (AvgIpc) is 3.18. The molecule has 3 rings (SSSR count). The standard InChI is InChI=1S/C21H27N5O2/c1-15(27)25(4)18-9-11-26(14-18)20(28)16-7-8-19(23-12-16)24-21(2,3)17-6-5-10-22-13-17/h5-8,10,12-13,18H,9,11,14H2,1-4H3,(H,23,24)/t18-/m0/s1. The Morgan fingerprint density at radius 2 is 2.04 bits per heavy atom. The zero-order chi connectivity index (χ0) is 20.3. The number of hydrogen-bond donors (Lipinski definition) is 1. The van der Waals surface area contributed by atoms with Crippen LogP contribution >= 0.6 is 0 Å². The third-order valence-corrected chi connectivity index (χ3v) is 5.33. The summed E-state index contributed by atoms with van der Waals surface area (Å²) >= 11 is 0. The van der Waals surface area contributed by atoms with E-state index < -0.39 is 0 Å². The molecule has 0 radical (unpaired) electrons. The second-order valence-electron chi connectivity index (χ2n) is 7.75. The molecule has 3 heterocycles. The van der Waals surface area contributed by atoms with Crippen molar-refractivity contribution in [2.75, 3.05) is 25.5 Å². The van der Waals surface area contributed by atoms with E-state index in [1.165, 1.54) is 0 Å². The summed E-state index contributed by atoms with van der Waals surface area (Å²) in [7, 11) is 1.78. The summed E-state index contributed by atoms with van der Waals surface area (Å²) in [5.74, 6) is 0.665. The molecule has 1 N–H and O–H groups in total. The lowest BCUT2D eigenvalue weighted by Crippen LogP contribution is -2.38. The molecular formula is C21H27N5O2. The Labute approximate surface area is 165 Å². The molecule has 1 aliphatic heterocycles. The van der Waals surface area contributed by atoms with Crippen molar-refractivity contribution >= 4 is 17.6 Å². The largest absolute Gasteiger partial charge is 0.361 e. The van der Waals surface area contributed by atoms with Gasteiger partial charge in [0.25, 0.3) is 5.91 Å². The number of likely N-dealkylation sites (tertiary alicyclic amines) is 1. The van der Waals surface area contributed by atoms with Gasteiger partial charge in [0.2, 0.25) is 5.91 Å². The van der Waals surface area contributed by atoms with Crippen molar-refractivity contribution in [3.8, 4) is 0 Å². The smallest absolute Gasteiger partial charge is 0.255 e. The minimum Gasteiger partial charge on any atom is -0.361 e. The van der Waals surface area contributed by atoms with E-state index >= 15 is 0 Å². The van der Waals surface area contributed by atoms with Gasteiger partial charge in [0, 0.05) is 45.7 Å². The second-order valence-corrected chi connectivity index (χ2v) is 7.75.